The third-order valence-electron chi connectivity index (χ3n) is 1.49. The van der Waals surface area contributed by atoms with Gasteiger partial charge in [0.15, 0.2) is 0 Å². The van der Waals surface area contributed by atoms with Gasteiger partial charge in [0.1, 0.15) is 0 Å². The summed E-state index contributed by atoms with van der Waals surface area (Å²) in [6, 6.07) is 19.6. The van der Waals surface area contributed by atoms with Gasteiger partial charge in [-0.2, -0.15) is 0 Å². The molecule has 0 radical (unpaired) electrons. The van der Waals surface area contributed by atoms with E-state index in [9.17, 15) is 0 Å². The van der Waals surface area contributed by atoms with Crippen molar-refractivity contribution in [3.8, 4) is 0 Å². The molecule has 0 amide bonds. The minimum atomic E-state index is 0.757. The molecule has 2 heteroatoms. The molecule has 14 heavy (non-hydrogen) atoms. The van der Waals surface area contributed by atoms with Gasteiger partial charge in [0.2, 0.25) is 0 Å². The second kappa shape index (κ2) is 6.63. The maximum absolute atomic E-state index is 5.66. The molecule has 0 aliphatic rings. The molecule has 0 saturated carbocycles. The first kappa shape index (κ1) is 11.3. The Morgan fingerprint density at radius 1 is 0.714 bits per heavy atom. The van der Waals surface area contributed by atoms with Crippen molar-refractivity contribution in [2.75, 3.05) is 0 Å². The molecule has 0 bridgehead atoms. The smallest absolute Gasteiger partial charge is 0.0548 e. The monoisotopic (exact) mass is 268 g/mol. The molecule has 72 valence electrons. The normalized spacial score (nSPS) is 8.71. The van der Waals surface area contributed by atoms with Crippen molar-refractivity contribution in [1.29, 1.82) is 0 Å². The fourth-order valence-corrected chi connectivity index (χ4v) is 1.24. The zero-order valence-electron chi connectivity index (χ0n) is 7.53. The number of hydrogen-bond donors (Lipinski definition) is 0. The summed E-state index contributed by atoms with van der Waals surface area (Å²) >= 11 is 8.93. The van der Waals surface area contributed by atoms with Crippen LogP contribution in [0.15, 0.2) is 65.1 Å². The van der Waals surface area contributed by atoms with Crippen LogP contribution in [-0.2, 0) is 0 Å². The van der Waals surface area contributed by atoms with Crippen LogP contribution in [-0.4, -0.2) is 0 Å². The van der Waals surface area contributed by atoms with Crippen molar-refractivity contribution in [3.63, 3.8) is 0 Å². The summed E-state index contributed by atoms with van der Waals surface area (Å²) in [7, 11) is 0. The highest BCUT2D eigenvalue weighted by Crippen LogP contribution is 2.20. The van der Waals surface area contributed by atoms with Crippen LogP contribution in [0.1, 0.15) is 0 Å². The summed E-state index contributed by atoms with van der Waals surface area (Å²) in [6.45, 7) is 0. The predicted octanol–water partition coefficient (Wildman–Crippen LogP) is 4.79. The summed E-state index contributed by atoms with van der Waals surface area (Å²) < 4.78 is 0.946. The Balaban J connectivity index is 0.000000146. The van der Waals surface area contributed by atoms with Gasteiger partial charge in [-0.3, -0.25) is 0 Å². The van der Waals surface area contributed by atoms with Crippen molar-refractivity contribution in [2.45, 2.75) is 0 Å². The number of halogens is 2. The first-order valence-electron chi connectivity index (χ1n) is 4.21. The lowest BCUT2D eigenvalue weighted by molar-refractivity contribution is 1.65. The van der Waals surface area contributed by atoms with Gasteiger partial charge in [0.05, 0.1) is 5.02 Å². The standard InChI is InChI=1S/C6H4BrCl.C6H6/c7-5-3-1-2-4-6(5)8;1-2-4-6-5-3-1/h1-4H;1-6H. The van der Waals surface area contributed by atoms with E-state index >= 15 is 0 Å². The molecule has 0 aromatic heterocycles. The first-order valence-corrected chi connectivity index (χ1v) is 5.38. The molecule has 0 heterocycles. The third-order valence-corrected chi connectivity index (χ3v) is 2.74. The van der Waals surface area contributed by atoms with E-state index in [0.717, 1.165) is 9.50 Å². The highest BCUT2D eigenvalue weighted by Gasteiger charge is 1.88. The molecular weight excluding hydrogens is 259 g/mol. The Kier molecular flexibility index (Phi) is 5.35. The van der Waals surface area contributed by atoms with E-state index in [-0.39, 0.29) is 0 Å². The van der Waals surface area contributed by atoms with Crippen LogP contribution in [0.25, 0.3) is 0 Å². The molecule has 0 aliphatic carbocycles. The van der Waals surface area contributed by atoms with Gasteiger partial charge in [0.25, 0.3) is 0 Å². The van der Waals surface area contributed by atoms with Gasteiger partial charge in [-0.15, -0.1) is 0 Å². The lowest BCUT2D eigenvalue weighted by Crippen LogP contribution is -1.62. The molecule has 0 saturated heterocycles. The molecule has 2 rings (SSSR count). The van der Waals surface area contributed by atoms with Crippen LogP contribution in [0, 0.1) is 0 Å². The van der Waals surface area contributed by atoms with E-state index in [1.54, 1.807) is 0 Å². The van der Waals surface area contributed by atoms with Crippen molar-refractivity contribution in [3.05, 3.63) is 70.2 Å². The molecule has 2 aromatic carbocycles. The number of rotatable bonds is 0. The zero-order chi connectivity index (χ0) is 10.2. The largest absolute Gasteiger partial charge is 0.0831 e. The Morgan fingerprint density at radius 3 is 1.43 bits per heavy atom. The van der Waals surface area contributed by atoms with Gasteiger partial charge in [-0.25, -0.2) is 0 Å². The maximum Gasteiger partial charge on any atom is 0.0548 e. The lowest BCUT2D eigenvalue weighted by atomic mass is 10.4. The van der Waals surface area contributed by atoms with E-state index in [2.05, 4.69) is 15.9 Å². The first-order chi connectivity index (χ1) is 6.80. The van der Waals surface area contributed by atoms with E-state index in [0.29, 0.717) is 0 Å². The summed E-state index contributed by atoms with van der Waals surface area (Å²) in [5.74, 6) is 0. The fraction of sp³-hybridized carbons (Fsp3) is 0. The minimum Gasteiger partial charge on any atom is -0.0831 e. The third kappa shape index (κ3) is 4.45. The quantitative estimate of drug-likeness (QED) is 0.645. The average molecular weight is 270 g/mol. The SMILES string of the molecule is Clc1ccccc1Br.c1ccccc1. The summed E-state index contributed by atoms with van der Waals surface area (Å²) in [5.41, 5.74) is 0. The van der Waals surface area contributed by atoms with Crippen molar-refractivity contribution >= 4 is 27.5 Å². The van der Waals surface area contributed by atoms with Crippen LogP contribution >= 0.6 is 27.5 Å². The van der Waals surface area contributed by atoms with Gasteiger partial charge < -0.3 is 0 Å². The van der Waals surface area contributed by atoms with Crippen molar-refractivity contribution in [1.82, 2.24) is 0 Å². The summed E-state index contributed by atoms with van der Waals surface area (Å²) in [6.07, 6.45) is 0. The van der Waals surface area contributed by atoms with Crippen LogP contribution in [0.5, 0.6) is 0 Å². The second-order valence-electron chi connectivity index (χ2n) is 2.57. The van der Waals surface area contributed by atoms with Crippen molar-refractivity contribution in [2.24, 2.45) is 0 Å². The minimum absolute atomic E-state index is 0.757. The molecule has 0 N–H and O–H groups in total. The van der Waals surface area contributed by atoms with E-state index < -0.39 is 0 Å². The Bertz CT molecular complexity index is 312. The Labute approximate surface area is 97.7 Å². The van der Waals surface area contributed by atoms with Crippen LogP contribution < -0.4 is 0 Å². The molecule has 0 unspecified atom stereocenters. The Hall–Kier alpha value is -0.790. The van der Waals surface area contributed by atoms with Gasteiger partial charge >= 0.3 is 0 Å². The van der Waals surface area contributed by atoms with E-state index in [1.807, 2.05) is 60.7 Å². The van der Waals surface area contributed by atoms with Gasteiger partial charge in [-0.1, -0.05) is 60.1 Å². The van der Waals surface area contributed by atoms with Gasteiger partial charge in [0, 0.05) is 4.47 Å². The Morgan fingerprint density at radius 2 is 1.14 bits per heavy atom. The number of hydrogen-bond acceptors (Lipinski definition) is 0. The topological polar surface area (TPSA) is 0 Å². The van der Waals surface area contributed by atoms with Crippen molar-refractivity contribution < 1.29 is 0 Å². The molecule has 2 aromatic rings. The second-order valence-corrected chi connectivity index (χ2v) is 3.83. The van der Waals surface area contributed by atoms with Gasteiger partial charge in [-0.05, 0) is 28.1 Å². The van der Waals surface area contributed by atoms with Crippen LogP contribution in [0.4, 0.5) is 0 Å². The van der Waals surface area contributed by atoms with Crippen LogP contribution in [0.2, 0.25) is 5.02 Å². The molecular formula is C12H10BrCl. The molecule has 0 spiro atoms. The van der Waals surface area contributed by atoms with Crippen LogP contribution in [0.3, 0.4) is 0 Å². The highest BCUT2D eigenvalue weighted by atomic mass is 79.9. The molecule has 0 aliphatic heterocycles. The number of benzene rings is 2. The predicted molar refractivity (Wildman–Crippen MR) is 65.6 cm³/mol. The lowest BCUT2D eigenvalue weighted by Gasteiger charge is -1.88. The average Bonchev–Trinajstić information content (AvgIpc) is 2.26. The molecule has 0 fully saturated rings. The summed E-state index contributed by atoms with van der Waals surface area (Å²) in [4.78, 5) is 0. The maximum atomic E-state index is 5.66. The fourth-order valence-electron chi connectivity index (χ4n) is 0.824. The summed E-state index contributed by atoms with van der Waals surface area (Å²) in [5, 5.41) is 0.757. The highest BCUT2D eigenvalue weighted by molar-refractivity contribution is 9.10. The molecule has 0 nitrogen and oxygen atoms in total. The zero-order valence-corrected chi connectivity index (χ0v) is 9.87. The van der Waals surface area contributed by atoms with E-state index in [1.165, 1.54) is 0 Å². The molecule has 0 atom stereocenters. The van der Waals surface area contributed by atoms with E-state index in [4.69, 9.17) is 11.6 Å².